The number of halogens is 5. The zero-order chi connectivity index (χ0) is 31.0. The number of alkyl halides is 5. The third kappa shape index (κ3) is 8.89. The molecule has 12 heteroatoms. The first kappa shape index (κ1) is 33.5. The molecule has 1 heterocycles. The van der Waals surface area contributed by atoms with Crippen molar-refractivity contribution < 1.29 is 31.5 Å². The molecule has 2 rings (SSSR count). The summed E-state index contributed by atoms with van der Waals surface area (Å²) in [4.78, 5) is 22.7. The van der Waals surface area contributed by atoms with Crippen LogP contribution in [0.2, 0.25) is 0 Å². The van der Waals surface area contributed by atoms with E-state index in [2.05, 4.69) is 15.3 Å². The molecule has 0 spiro atoms. The van der Waals surface area contributed by atoms with E-state index in [0.717, 1.165) is 17.2 Å². The maximum absolute atomic E-state index is 14.7. The minimum Gasteiger partial charge on any atom is -0.497 e. The lowest BCUT2D eigenvalue weighted by Gasteiger charge is -2.43. The van der Waals surface area contributed by atoms with Crippen molar-refractivity contribution in [3.8, 4) is 5.75 Å². The molecule has 1 fully saturated rings. The molecular weight excluding hydrogens is 545 g/mol. The van der Waals surface area contributed by atoms with Crippen LogP contribution in [-0.2, 0) is 4.79 Å². The van der Waals surface area contributed by atoms with Crippen LogP contribution in [0.25, 0.3) is 5.57 Å². The summed E-state index contributed by atoms with van der Waals surface area (Å²) in [5.41, 5.74) is 6.55. The number of likely N-dealkylation sites (tertiary alicyclic amines) is 1. The normalized spacial score (nSPS) is 21.1. The standard InChI is InChI=1S/C29H38F5N5O2/c1-7-18(3)26(37-14-21(8-2)29(32,33)34)38-16-24-19(4)13-28(30,31)17-39(24)27(40)25(35)23(15-36-5)20-9-11-22(41-6)12-10-20/h8-12,14-15,19,24,38H,7,13,16-17,35H2,1-6H3/b21-8+,25-23?,26-18+,36-15?,37-14-. The number of allylic oxidation sites excluding steroid dienone is 4. The van der Waals surface area contributed by atoms with Gasteiger partial charge in [-0.2, -0.15) is 13.2 Å². The number of methoxy groups -OCH3 is 1. The predicted molar refractivity (Wildman–Crippen MR) is 152 cm³/mol. The van der Waals surface area contributed by atoms with E-state index in [9.17, 15) is 26.7 Å². The molecule has 1 saturated heterocycles. The Bertz CT molecular complexity index is 1220. The van der Waals surface area contributed by atoms with Crippen LogP contribution >= 0.6 is 0 Å². The van der Waals surface area contributed by atoms with Crippen LogP contribution in [0, 0.1) is 5.92 Å². The highest BCUT2D eigenvalue weighted by Gasteiger charge is 2.46. The monoisotopic (exact) mass is 583 g/mol. The van der Waals surface area contributed by atoms with Gasteiger partial charge >= 0.3 is 6.18 Å². The summed E-state index contributed by atoms with van der Waals surface area (Å²) in [5, 5.41) is 3.00. The van der Waals surface area contributed by atoms with E-state index in [4.69, 9.17) is 10.5 Å². The third-order valence-corrected chi connectivity index (χ3v) is 6.90. The lowest BCUT2D eigenvalue weighted by molar-refractivity contribution is -0.148. The fourth-order valence-corrected chi connectivity index (χ4v) is 4.47. The van der Waals surface area contributed by atoms with E-state index < -0.39 is 48.5 Å². The number of ether oxygens (including phenoxy) is 1. The number of nitrogens with two attached hydrogens (primary N) is 1. The Morgan fingerprint density at radius 2 is 1.88 bits per heavy atom. The average Bonchev–Trinajstić information content (AvgIpc) is 2.91. The molecule has 1 aromatic carbocycles. The van der Waals surface area contributed by atoms with Crippen molar-refractivity contribution in [2.24, 2.45) is 21.6 Å². The van der Waals surface area contributed by atoms with E-state index in [0.29, 0.717) is 23.3 Å². The van der Waals surface area contributed by atoms with Gasteiger partial charge in [0.1, 0.15) is 17.3 Å². The Morgan fingerprint density at radius 3 is 2.39 bits per heavy atom. The summed E-state index contributed by atoms with van der Waals surface area (Å²) in [6.07, 6.45) is -1.57. The zero-order valence-electron chi connectivity index (χ0n) is 24.1. The van der Waals surface area contributed by atoms with E-state index in [-0.39, 0.29) is 23.6 Å². The van der Waals surface area contributed by atoms with E-state index in [1.54, 1.807) is 38.1 Å². The number of piperidine rings is 1. The lowest BCUT2D eigenvalue weighted by atomic mass is 9.87. The van der Waals surface area contributed by atoms with Crippen LogP contribution in [0.1, 0.15) is 46.1 Å². The summed E-state index contributed by atoms with van der Waals surface area (Å²) >= 11 is 0. The van der Waals surface area contributed by atoms with E-state index >= 15 is 0 Å². The number of aliphatic imine (C=N–C) groups is 2. The molecular formula is C29H38F5N5O2. The minimum atomic E-state index is -4.58. The van der Waals surface area contributed by atoms with Crippen LogP contribution < -0.4 is 15.8 Å². The first-order chi connectivity index (χ1) is 19.2. The van der Waals surface area contributed by atoms with Gasteiger partial charge in [-0.1, -0.05) is 32.1 Å². The van der Waals surface area contributed by atoms with E-state index in [1.165, 1.54) is 27.3 Å². The van der Waals surface area contributed by atoms with Gasteiger partial charge in [0, 0.05) is 38.0 Å². The number of hydrogen-bond acceptors (Lipinski definition) is 6. The van der Waals surface area contributed by atoms with Crippen LogP contribution in [-0.4, -0.2) is 68.6 Å². The SMILES string of the molecule is C\C=C(/C=N\C(NCC1C(C)CC(F)(F)CN1C(=O)C(N)=C(C=NC)c1ccc(OC)cc1)=C(\C)CC)C(F)(F)F. The van der Waals surface area contributed by atoms with Gasteiger partial charge in [0.15, 0.2) is 0 Å². The summed E-state index contributed by atoms with van der Waals surface area (Å²) in [6, 6.07) is 5.93. The lowest BCUT2D eigenvalue weighted by Crippen LogP contribution is -2.59. The van der Waals surface area contributed by atoms with Crippen LogP contribution in [0.3, 0.4) is 0 Å². The van der Waals surface area contributed by atoms with Crippen molar-refractivity contribution in [1.82, 2.24) is 10.2 Å². The number of hydrogen-bond donors (Lipinski definition) is 2. The molecule has 0 aromatic heterocycles. The molecule has 0 saturated carbocycles. The van der Waals surface area contributed by atoms with Gasteiger partial charge in [-0.05, 0) is 49.5 Å². The van der Waals surface area contributed by atoms with E-state index in [1.807, 2.05) is 6.92 Å². The maximum Gasteiger partial charge on any atom is 0.417 e. The Hall–Kier alpha value is -3.70. The molecule has 226 valence electrons. The van der Waals surface area contributed by atoms with Crippen molar-refractivity contribution in [2.75, 3.05) is 27.2 Å². The van der Waals surface area contributed by atoms with Gasteiger partial charge < -0.3 is 20.7 Å². The highest BCUT2D eigenvalue weighted by atomic mass is 19.4. The van der Waals surface area contributed by atoms with Gasteiger partial charge in [-0.15, -0.1) is 0 Å². The van der Waals surface area contributed by atoms with Crippen molar-refractivity contribution in [3.05, 3.63) is 58.6 Å². The quantitative estimate of drug-likeness (QED) is 0.209. The second kappa shape index (κ2) is 14.3. The first-order valence-electron chi connectivity index (χ1n) is 13.1. The molecule has 2 unspecified atom stereocenters. The predicted octanol–water partition coefficient (Wildman–Crippen LogP) is 5.75. The highest BCUT2D eigenvalue weighted by Crippen LogP contribution is 2.35. The second-order valence-corrected chi connectivity index (χ2v) is 9.84. The average molecular weight is 584 g/mol. The Kier molecular flexibility index (Phi) is 11.7. The van der Waals surface area contributed by atoms with Crippen molar-refractivity contribution in [3.63, 3.8) is 0 Å². The largest absolute Gasteiger partial charge is 0.497 e. The molecule has 1 amide bonds. The number of carbonyl (C=O) groups excluding carboxylic acids is 1. The van der Waals surface area contributed by atoms with Crippen LogP contribution in [0.4, 0.5) is 22.0 Å². The number of carbonyl (C=O) groups is 1. The molecule has 41 heavy (non-hydrogen) atoms. The summed E-state index contributed by atoms with van der Waals surface area (Å²) in [6.45, 7) is 5.47. The first-order valence-corrected chi connectivity index (χ1v) is 13.1. The molecule has 0 bridgehead atoms. The fourth-order valence-electron chi connectivity index (χ4n) is 4.47. The molecule has 1 aliphatic rings. The van der Waals surface area contributed by atoms with Crippen molar-refractivity contribution in [2.45, 2.75) is 58.7 Å². The Balaban J connectivity index is 2.46. The minimum absolute atomic E-state index is 0.0305. The Morgan fingerprint density at radius 1 is 1.24 bits per heavy atom. The second-order valence-electron chi connectivity index (χ2n) is 9.84. The number of benzene rings is 1. The zero-order valence-corrected chi connectivity index (χ0v) is 24.1. The smallest absolute Gasteiger partial charge is 0.417 e. The third-order valence-electron chi connectivity index (χ3n) is 6.90. The van der Waals surface area contributed by atoms with Gasteiger partial charge in [0.2, 0.25) is 0 Å². The van der Waals surface area contributed by atoms with Gasteiger partial charge in [0.05, 0.1) is 25.3 Å². The van der Waals surface area contributed by atoms with Crippen molar-refractivity contribution >= 4 is 23.9 Å². The van der Waals surface area contributed by atoms with Crippen LogP contribution in [0.5, 0.6) is 5.75 Å². The molecule has 3 N–H and O–H groups in total. The maximum atomic E-state index is 14.7. The summed E-state index contributed by atoms with van der Waals surface area (Å²) in [7, 11) is 3.00. The molecule has 2 atom stereocenters. The van der Waals surface area contributed by atoms with Gasteiger partial charge in [0.25, 0.3) is 11.8 Å². The van der Waals surface area contributed by atoms with Crippen molar-refractivity contribution in [1.29, 1.82) is 0 Å². The highest BCUT2D eigenvalue weighted by molar-refractivity contribution is 6.18. The number of nitrogens with one attached hydrogen (secondary N) is 1. The van der Waals surface area contributed by atoms with Gasteiger partial charge in [-0.25, -0.2) is 13.8 Å². The molecule has 0 radical (unpaired) electrons. The number of nitrogens with zero attached hydrogens (tertiary/aromatic N) is 3. The van der Waals surface area contributed by atoms with Gasteiger partial charge in [-0.3, -0.25) is 9.79 Å². The summed E-state index contributed by atoms with van der Waals surface area (Å²) < 4.78 is 74.3. The molecule has 1 aliphatic heterocycles. The number of rotatable bonds is 10. The van der Waals surface area contributed by atoms with Crippen LogP contribution in [0.15, 0.2) is 63.0 Å². The Labute approximate surface area is 237 Å². The molecule has 0 aliphatic carbocycles. The fraction of sp³-hybridized carbons (Fsp3) is 0.483. The molecule has 7 nitrogen and oxygen atoms in total. The summed E-state index contributed by atoms with van der Waals surface area (Å²) in [5.74, 6) is -3.88. The molecule has 1 aromatic rings. The topological polar surface area (TPSA) is 92.3 Å². The number of amides is 1.